The molecule has 1 N–H and O–H groups in total. The van der Waals surface area contributed by atoms with E-state index in [2.05, 4.69) is 26.0 Å². The van der Waals surface area contributed by atoms with Gasteiger partial charge >= 0.3 is 5.97 Å². The number of hydrogen-bond donors (Lipinski definition) is 1. The molecule has 0 aliphatic rings. The summed E-state index contributed by atoms with van der Waals surface area (Å²) in [5.74, 6) is -0.864. The van der Waals surface area contributed by atoms with E-state index in [0.29, 0.717) is 12.0 Å². The van der Waals surface area contributed by atoms with Crippen molar-refractivity contribution in [2.75, 3.05) is 0 Å². The highest BCUT2D eigenvalue weighted by molar-refractivity contribution is 5.89. The molecule has 18 heavy (non-hydrogen) atoms. The van der Waals surface area contributed by atoms with Gasteiger partial charge in [0, 0.05) is 0 Å². The zero-order valence-corrected chi connectivity index (χ0v) is 10.6. The molecule has 92 valence electrons. The van der Waals surface area contributed by atoms with Gasteiger partial charge in [-0.1, -0.05) is 36.4 Å². The van der Waals surface area contributed by atoms with Crippen LogP contribution in [0.15, 0.2) is 42.5 Å². The van der Waals surface area contributed by atoms with E-state index < -0.39 is 5.97 Å². The second kappa shape index (κ2) is 5.05. The van der Waals surface area contributed by atoms with Crippen LogP contribution in [0, 0.1) is 13.8 Å². The minimum atomic E-state index is -0.864. The highest BCUT2D eigenvalue weighted by Gasteiger charge is 2.11. The summed E-state index contributed by atoms with van der Waals surface area (Å²) >= 11 is 0. The molecule has 0 aliphatic carbocycles. The molecule has 0 amide bonds. The minimum Gasteiger partial charge on any atom is -0.478 e. The van der Waals surface area contributed by atoms with Crippen molar-refractivity contribution >= 4 is 5.97 Å². The van der Waals surface area contributed by atoms with Gasteiger partial charge in [0.1, 0.15) is 0 Å². The van der Waals surface area contributed by atoms with Crippen molar-refractivity contribution in [3.63, 3.8) is 0 Å². The largest absolute Gasteiger partial charge is 0.478 e. The SMILES string of the molecule is Cc1cccc(C)c1Cc1ccccc1C(=O)O. The molecule has 0 aromatic heterocycles. The van der Waals surface area contributed by atoms with E-state index in [1.807, 2.05) is 18.2 Å². The lowest BCUT2D eigenvalue weighted by Crippen LogP contribution is -2.04. The fourth-order valence-electron chi connectivity index (χ4n) is 2.20. The van der Waals surface area contributed by atoms with Gasteiger partial charge in [0.05, 0.1) is 5.56 Å². The summed E-state index contributed by atoms with van der Waals surface area (Å²) in [6.07, 6.45) is 0.668. The Balaban J connectivity index is 2.43. The highest BCUT2D eigenvalue weighted by atomic mass is 16.4. The Labute approximate surface area is 107 Å². The molecule has 2 rings (SSSR count). The van der Waals surface area contributed by atoms with Crippen LogP contribution in [-0.4, -0.2) is 11.1 Å². The molecule has 0 aliphatic heterocycles. The number of rotatable bonds is 3. The predicted octanol–water partition coefficient (Wildman–Crippen LogP) is 3.59. The van der Waals surface area contributed by atoms with Crippen LogP contribution < -0.4 is 0 Å². The van der Waals surface area contributed by atoms with Gasteiger partial charge in [-0.2, -0.15) is 0 Å². The third-order valence-corrected chi connectivity index (χ3v) is 3.26. The van der Waals surface area contributed by atoms with Crippen LogP contribution in [0.1, 0.15) is 32.6 Å². The summed E-state index contributed by atoms with van der Waals surface area (Å²) in [5.41, 5.74) is 4.87. The number of aromatic carboxylic acids is 1. The van der Waals surface area contributed by atoms with Gasteiger partial charge in [-0.05, 0) is 48.6 Å². The van der Waals surface area contributed by atoms with Crippen molar-refractivity contribution in [2.24, 2.45) is 0 Å². The molecule has 0 bridgehead atoms. The molecule has 2 nitrogen and oxygen atoms in total. The zero-order valence-electron chi connectivity index (χ0n) is 10.6. The first-order valence-corrected chi connectivity index (χ1v) is 5.96. The van der Waals surface area contributed by atoms with Crippen LogP contribution in [0.3, 0.4) is 0 Å². The molecule has 0 atom stereocenters. The highest BCUT2D eigenvalue weighted by Crippen LogP contribution is 2.20. The van der Waals surface area contributed by atoms with E-state index in [1.54, 1.807) is 12.1 Å². The van der Waals surface area contributed by atoms with Crippen LogP contribution in [0.25, 0.3) is 0 Å². The Bertz CT molecular complexity index is 565. The van der Waals surface area contributed by atoms with E-state index >= 15 is 0 Å². The van der Waals surface area contributed by atoms with Gasteiger partial charge in [0.2, 0.25) is 0 Å². The molecule has 2 aromatic rings. The molecule has 0 radical (unpaired) electrons. The zero-order chi connectivity index (χ0) is 13.1. The quantitative estimate of drug-likeness (QED) is 0.890. The first kappa shape index (κ1) is 12.4. The number of aryl methyl sites for hydroxylation is 2. The molecule has 2 heteroatoms. The first-order valence-electron chi connectivity index (χ1n) is 5.96. The van der Waals surface area contributed by atoms with Crippen LogP contribution in [0.5, 0.6) is 0 Å². The van der Waals surface area contributed by atoms with E-state index in [4.69, 9.17) is 0 Å². The molecular weight excluding hydrogens is 224 g/mol. The van der Waals surface area contributed by atoms with Gasteiger partial charge in [0.15, 0.2) is 0 Å². The Kier molecular flexibility index (Phi) is 3.47. The molecule has 0 saturated carbocycles. The summed E-state index contributed by atoms with van der Waals surface area (Å²) in [5, 5.41) is 9.18. The number of carboxylic acid groups (broad SMARTS) is 1. The summed E-state index contributed by atoms with van der Waals surface area (Å²) in [4.78, 5) is 11.2. The van der Waals surface area contributed by atoms with Gasteiger partial charge < -0.3 is 5.11 Å². The Hall–Kier alpha value is -2.09. The van der Waals surface area contributed by atoms with Crippen LogP contribution in [0.4, 0.5) is 0 Å². The fourth-order valence-corrected chi connectivity index (χ4v) is 2.20. The average molecular weight is 240 g/mol. The lowest BCUT2D eigenvalue weighted by atomic mass is 9.94. The number of hydrogen-bond acceptors (Lipinski definition) is 1. The lowest BCUT2D eigenvalue weighted by molar-refractivity contribution is 0.0696. The van der Waals surface area contributed by atoms with E-state index in [0.717, 1.165) is 5.56 Å². The van der Waals surface area contributed by atoms with Gasteiger partial charge in [-0.15, -0.1) is 0 Å². The van der Waals surface area contributed by atoms with E-state index in [1.165, 1.54) is 16.7 Å². The summed E-state index contributed by atoms with van der Waals surface area (Å²) in [6, 6.07) is 13.3. The Morgan fingerprint density at radius 2 is 1.61 bits per heavy atom. The first-order chi connectivity index (χ1) is 8.59. The molecule has 0 fully saturated rings. The standard InChI is InChI=1S/C16H16O2/c1-11-6-5-7-12(2)15(11)10-13-8-3-4-9-14(13)16(17)18/h3-9H,10H2,1-2H3,(H,17,18). The summed E-state index contributed by atoms with van der Waals surface area (Å²) in [6.45, 7) is 4.12. The van der Waals surface area contributed by atoms with Crippen molar-refractivity contribution in [3.05, 3.63) is 70.3 Å². The van der Waals surface area contributed by atoms with Crippen LogP contribution >= 0.6 is 0 Å². The smallest absolute Gasteiger partial charge is 0.335 e. The molecule has 0 unspecified atom stereocenters. The van der Waals surface area contributed by atoms with E-state index in [-0.39, 0.29) is 0 Å². The Morgan fingerprint density at radius 1 is 1.00 bits per heavy atom. The van der Waals surface area contributed by atoms with Crippen molar-refractivity contribution in [3.8, 4) is 0 Å². The maximum atomic E-state index is 11.2. The maximum Gasteiger partial charge on any atom is 0.335 e. The third kappa shape index (κ3) is 2.43. The second-order valence-electron chi connectivity index (χ2n) is 4.51. The molecular formula is C16H16O2. The van der Waals surface area contributed by atoms with Crippen LogP contribution in [0.2, 0.25) is 0 Å². The van der Waals surface area contributed by atoms with Crippen molar-refractivity contribution in [1.82, 2.24) is 0 Å². The number of carbonyl (C=O) groups is 1. The van der Waals surface area contributed by atoms with Gasteiger partial charge in [0.25, 0.3) is 0 Å². The normalized spacial score (nSPS) is 10.3. The topological polar surface area (TPSA) is 37.3 Å². The Morgan fingerprint density at radius 3 is 2.22 bits per heavy atom. The summed E-state index contributed by atoms with van der Waals surface area (Å²) < 4.78 is 0. The van der Waals surface area contributed by atoms with Crippen molar-refractivity contribution in [1.29, 1.82) is 0 Å². The van der Waals surface area contributed by atoms with Gasteiger partial charge in [-0.25, -0.2) is 4.79 Å². The monoisotopic (exact) mass is 240 g/mol. The molecule has 0 saturated heterocycles. The number of carboxylic acids is 1. The second-order valence-corrected chi connectivity index (χ2v) is 4.51. The average Bonchev–Trinajstić information content (AvgIpc) is 2.34. The van der Waals surface area contributed by atoms with E-state index in [9.17, 15) is 9.90 Å². The van der Waals surface area contributed by atoms with Gasteiger partial charge in [-0.3, -0.25) is 0 Å². The predicted molar refractivity (Wildman–Crippen MR) is 72.1 cm³/mol. The minimum absolute atomic E-state index is 0.389. The summed E-state index contributed by atoms with van der Waals surface area (Å²) in [7, 11) is 0. The fraction of sp³-hybridized carbons (Fsp3) is 0.188. The lowest BCUT2D eigenvalue weighted by Gasteiger charge is -2.11. The van der Waals surface area contributed by atoms with Crippen molar-refractivity contribution in [2.45, 2.75) is 20.3 Å². The third-order valence-electron chi connectivity index (χ3n) is 3.26. The van der Waals surface area contributed by atoms with Crippen LogP contribution in [-0.2, 0) is 6.42 Å². The number of benzene rings is 2. The molecule has 0 heterocycles. The molecule has 2 aromatic carbocycles. The molecule has 0 spiro atoms. The van der Waals surface area contributed by atoms with Crippen molar-refractivity contribution < 1.29 is 9.90 Å². The maximum absolute atomic E-state index is 11.2.